The Morgan fingerprint density at radius 3 is 2.19 bits per heavy atom. The van der Waals surface area contributed by atoms with Gasteiger partial charge in [0, 0.05) is 13.1 Å². The molecule has 0 amide bonds. The lowest BCUT2D eigenvalue weighted by Crippen LogP contribution is -2.23. The Hall–Kier alpha value is -0.860. The zero-order chi connectivity index (χ0) is 12.2. The van der Waals surface area contributed by atoms with Gasteiger partial charge in [-0.1, -0.05) is 45.0 Å². The van der Waals surface area contributed by atoms with Crippen molar-refractivity contribution in [1.29, 1.82) is 0 Å². The van der Waals surface area contributed by atoms with Crippen LogP contribution in [0.4, 0.5) is 0 Å². The van der Waals surface area contributed by atoms with Crippen LogP contribution in [0.5, 0.6) is 0 Å². The number of hydrogen-bond acceptors (Lipinski definition) is 2. The minimum atomic E-state index is -0.283. The average molecular weight is 221 g/mol. The molecule has 0 aliphatic rings. The van der Waals surface area contributed by atoms with Gasteiger partial charge in [0.2, 0.25) is 0 Å². The van der Waals surface area contributed by atoms with E-state index in [9.17, 15) is 0 Å². The average Bonchev–Trinajstić information content (AvgIpc) is 2.16. The van der Waals surface area contributed by atoms with Crippen LogP contribution in [0.15, 0.2) is 24.3 Å². The Balaban J connectivity index is 2.52. The van der Waals surface area contributed by atoms with Crippen molar-refractivity contribution in [3.05, 3.63) is 35.4 Å². The zero-order valence-corrected chi connectivity index (χ0v) is 10.7. The lowest BCUT2D eigenvalue weighted by atomic mass is 9.87. The van der Waals surface area contributed by atoms with Gasteiger partial charge in [-0.15, -0.1) is 0 Å². The third kappa shape index (κ3) is 4.33. The Bertz CT molecular complexity index is 309. The second kappa shape index (κ2) is 5.46. The fraction of sp³-hybridized carbons (Fsp3) is 0.571. The van der Waals surface area contributed by atoms with Crippen molar-refractivity contribution in [3.63, 3.8) is 0 Å². The first-order chi connectivity index (χ1) is 7.39. The largest absolute Gasteiger partial charge is 0.392 e. The van der Waals surface area contributed by atoms with Gasteiger partial charge in [0.1, 0.15) is 0 Å². The number of aliphatic hydroxyl groups is 1. The van der Waals surface area contributed by atoms with Crippen molar-refractivity contribution in [2.75, 3.05) is 6.54 Å². The lowest BCUT2D eigenvalue weighted by Gasteiger charge is -2.19. The van der Waals surface area contributed by atoms with E-state index in [0.29, 0.717) is 6.54 Å². The first kappa shape index (κ1) is 13.2. The molecule has 0 bridgehead atoms. The van der Waals surface area contributed by atoms with Crippen molar-refractivity contribution >= 4 is 0 Å². The zero-order valence-electron chi connectivity index (χ0n) is 10.7. The molecule has 90 valence electrons. The number of benzene rings is 1. The molecule has 2 heteroatoms. The monoisotopic (exact) mass is 221 g/mol. The molecule has 0 aliphatic heterocycles. The molecule has 0 saturated carbocycles. The molecule has 0 unspecified atom stereocenters. The van der Waals surface area contributed by atoms with Gasteiger partial charge < -0.3 is 10.4 Å². The van der Waals surface area contributed by atoms with E-state index in [1.54, 1.807) is 6.92 Å². The Labute approximate surface area is 98.7 Å². The quantitative estimate of drug-likeness (QED) is 0.818. The lowest BCUT2D eigenvalue weighted by molar-refractivity contribution is 0.191. The van der Waals surface area contributed by atoms with Gasteiger partial charge in [0.15, 0.2) is 0 Å². The van der Waals surface area contributed by atoms with Crippen LogP contribution in [0.25, 0.3) is 0 Å². The van der Waals surface area contributed by atoms with Crippen LogP contribution in [-0.4, -0.2) is 17.8 Å². The second-order valence-electron chi connectivity index (χ2n) is 5.43. The van der Waals surface area contributed by atoms with Gasteiger partial charge in [-0.25, -0.2) is 0 Å². The minimum Gasteiger partial charge on any atom is -0.392 e. The predicted octanol–water partition coefficient (Wildman–Crippen LogP) is 2.45. The van der Waals surface area contributed by atoms with Crippen molar-refractivity contribution < 1.29 is 5.11 Å². The second-order valence-corrected chi connectivity index (χ2v) is 5.43. The van der Waals surface area contributed by atoms with Crippen molar-refractivity contribution in [3.8, 4) is 0 Å². The standard InChI is InChI=1S/C14H23NO/c1-11(16)9-15-10-12-5-7-13(8-6-12)14(2,3)4/h5-8,11,15-16H,9-10H2,1-4H3/t11-/m0/s1. The van der Waals surface area contributed by atoms with E-state index in [-0.39, 0.29) is 11.5 Å². The summed E-state index contributed by atoms with van der Waals surface area (Å²) in [5, 5.41) is 12.3. The highest BCUT2D eigenvalue weighted by Gasteiger charge is 2.12. The summed E-state index contributed by atoms with van der Waals surface area (Å²) in [6.45, 7) is 9.89. The molecule has 1 aromatic rings. The highest BCUT2D eigenvalue weighted by Crippen LogP contribution is 2.21. The van der Waals surface area contributed by atoms with E-state index in [1.165, 1.54) is 11.1 Å². The van der Waals surface area contributed by atoms with Crippen LogP contribution in [0.2, 0.25) is 0 Å². The van der Waals surface area contributed by atoms with E-state index in [4.69, 9.17) is 5.11 Å². The van der Waals surface area contributed by atoms with Crippen molar-refractivity contribution in [1.82, 2.24) is 5.32 Å². The van der Waals surface area contributed by atoms with Crippen molar-refractivity contribution in [2.24, 2.45) is 0 Å². The molecule has 0 heterocycles. The molecule has 0 aromatic heterocycles. The molecule has 0 radical (unpaired) electrons. The summed E-state index contributed by atoms with van der Waals surface area (Å²) >= 11 is 0. The van der Waals surface area contributed by atoms with Gasteiger partial charge in [0.05, 0.1) is 6.10 Å². The third-order valence-electron chi connectivity index (χ3n) is 2.59. The normalized spacial score (nSPS) is 13.8. The Morgan fingerprint density at radius 1 is 1.19 bits per heavy atom. The molecule has 16 heavy (non-hydrogen) atoms. The van der Waals surface area contributed by atoms with Crippen LogP contribution < -0.4 is 5.32 Å². The van der Waals surface area contributed by atoms with E-state index in [0.717, 1.165) is 6.54 Å². The van der Waals surface area contributed by atoms with Gasteiger partial charge in [0.25, 0.3) is 0 Å². The number of hydrogen-bond donors (Lipinski definition) is 2. The predicted molar refractivity (Wildman–Crippen MR) is 68.5 cm³/mol. The van der Waals surface area contributed by atoms with Crippen LogP contribution in [-0.2, 0) is 12.0 Å². The van der Waals surface area contributed by atoms with Crippen LogP contribution in [0.3, 0.4) is 0 Å². The van der Waals surface area contributed by atoms with Crippen LogP contribution >= 0.6 is 0 Å². The summed E-state index contributed by atoms with van der Waals surface area (Å²) in [6, 6.07) is 8.66. The number of aliphatic hydroxyl groups excluding tert-OH is 1. The van der Waals surface area contributed by atoms with E-state index < -0.39 is 0 Å². The molecule has 0 spiro atoms. The maximum absolute atomic E-state index is 9.12. The fourth-order valence-corrected chi connectivity index (χ4v) is 1.55. The minimum absolute atomic E-state index is 0.214. The third-order valence-corrected chi connectivity index (χ3v) is 2.59. The summed E-state index contributed by atoms with van der Waals surface area (Å²) < 4.78 is 0. The molecule has 0 fully saturated rings. The number of nitrogens with one attached hydrogen (secondary N) is 1. The maximum Gasteiger partial charge on any atom is 0.0636 e. The summed E-state index contributed by atoms with van der Waals surface area (Å²) in [4.78, 5) is 0. The summed E-state index contributed by atoms with van der Waals surface area (Å²) in [5.74, 6) is 0. The first-order valence-electron chi connectivity index (χ1n) is 5.88. The van der Waals surface area contributed by atoms with Gasteiger partial charge in [-0.2, -0.15) is 0 Å². The molecule has 2 N–H and O–H groups in total. The van der Waals surface area contributed by atoms with Crippen LogP contribution in [0.1, 0.15) is 38.8 Å². The molecule has 0 saturated heterocycles. The Morgan fingerprint density at radius 2 is 1.75 bits per heavy atom. The Kier molecular flexibility index (Phi) is 4.51. The maximum atomic E-state index is 9.12. The molecule has 0 aliphatic carbocycles. The summed E-state index contributed by atoms with van der Waals surface area (Å²) in [6.07, 6.45) is -0.283. The van der Waals surface area contributed by atoms with E-state index >= 15 is 0 Å². The fourth-order valence-electron chi connectivity index (χ4n) is 1.55. The van der Waals surface area contributed by atoms with E-state index in [2.05, 4.69) is 50.4 Å². The SMILES string of the molecule is C[C@H](O)CNCc1ccc(C(C)(C)C)cc1. The molecule has 2 nitrogen and oxygen atoms in total. The molecule has 1 aromatic carbocycles. The molecular formula is C14H23NO. The highest BCUT2D eigenvalue weighted by atomic mass is 16.3. The summed E-state index contributed by atoms with van der Waals surface area (Å²) in [5.41, 5.74) is 2.83. The summed E-state index contributed by atoms with van der Waals surface area (Å²) in [7, 11) is 0. The smallest absolute Gasteiger partial charge is 0.0636 e. The molecule has 1 atom stereocenters. The number of rotatable bonds is 4. The topological polar surface area (TPSA) is 32.3 Å². The van der Waals surface area contributed by atoms with Gasteiger partial charge in [-0.05, 0) is 23.5 Å². The van der Waals surface area contributed by atoms with E-state index in [1.807, 2.05) is 0 Å². The first-order valence-corrected chi connectivity index (χ1v) is 5.88. The highest BCUT2D eigenvalue weighted by molar-refractivity contribution is 5.27. The van der Waals surface area contributed by atoms with Gasteiger partial charge in [-0.3, -0.25) is 0 Å². The molecular weight excluding hydrogens is 198 g/mol. The van der Waals surface area contributed by atoms with Crippen LogP contribution in [0, 0.1) is 0 Å². The van der Waals surface area contributed by atoms with Crippen molar-refractivity contribution in [2.45, 2.75) is 45.8 Å². The molecule has 1 rings (SSSR count). The van der Waals surface area contributed by atoms with Gasteiger partial charge >= 0.3 is 0 Å².